The lowest BCUT2D eigenvalue weighted by Gasteiger charge is -2.17. The van der Waals surface area contributed by atoms with Crippen LogP contribution < -0.4 is 10.6 Å². The van der Waals surface area contributed by atoms with E-state index < -0.39 is 0 Å². The number of hydrogen-bond acceptors (Lipinski definition) is 6. The van der Waals surface area contributed by atoms with Crippen LogP contribution in [0.25, 0.3) is 0 Å². The van der Waals surface area contributed by atoms with Crippen LogP contribution in [0.15, 0.2) is 29.3 Å². The minimum Gasteiger partial charge on any atom is -0.394 e. The van der Waals surface area contributed by atoms with Crippen LogP contribution in [0.2, 0.25) is 0 Å². The number of hydrogen-bond donors (Lipinski definition) is 3. The van der Waals surface area contributed by atoms with E-state index in [9.17, 15) is 4.79 Å². The van der Waals surface area contributed by atoms with Crippen LogP contribution >= 0.6 is 11.8 Å². The molecule has 0 atom stereocenters. The molecule has 110 valence electrons. The zero-order valence-corrected chi connectivity index (χ0v) is 12.1. The van der Waals surface area contributed by atoms with Gasteiger partial charge in [-0.2, -0.15) is 0 Å². The van der Waals surface area contributed by atoms with Crippen molar-refractivity contribution in [1.29, 1.82) is 0 Å². The number of aromatic nitrogens is 3. The summed E-state index contributed by atoms with van der Waals surface area (Å²) in [4.78, 5) is 12.5. The number of aliphatic hydroxyl groups is 1. The molecule has 0 unspecified atom stereocenters. The zero-order valence-electron chi connectivity index (χ0n) is 11.2. The summed E-state index contributed by atoms with van der Waals surface area (Å²) in [6.45, 7) is 1.01. The molecule has 0 bridgehead atoms. The summed E-state index contributed by atoms with van der Waals surface area (Å²) in [6.07, 6.45) is 1.79. The van der Waals surface area contributed by atoms with Gasteiger partial charge >= 0.3 is 0 Å². The van der Waals surface area contributed by atoms with Crippen LogP contribution in [0.1, 0.15) is 5.69 Å². The van der Waals surface area contributed by atoms with Gasteiger partial charge in [-0.05, 0) is 18.2 Å². The van der Waals surface area contributed by atoms with Crippen molar-refractivity contribution in [3.63, 3.8) is 0 Å². The number of amides is 1. The van der Waals surface area contributed by atoms with E-state index in [1.54, 1.807) is 10.9 Å². The van der Waals surface area contributed by atoms with Crippen molar-refractivity contribution >= 4 is 29.0 Å². The summed E-state index contributed by atoms with van der Waals surface area (Å²) in [5.41, 5.74) is 2.54. The van der Waals surface area contributed by atoms with E-state index in [0.29, 0.717) is 18.8 Å². The third-order valence-electron chi connectivity index (χ3n) is 3.00. The van der Waals surface area contributed by atoms with Gasteiger partial charge in [0.1, 0.15) is 5.69 Å². The molecule has 2 heterocycles. The predicted molar refractivity (Wildman–Crippen MR) is 80.2 cm³/mol. The zero-order chi connectivity index (χ0) is 14.7. The highest BCUT2D eigenvalue weighted by Crippen LogP contribution is 2.33. The van der Waals surface area contributed by atoms with E-state index in [4.69, 9.17) is 5.11 Å². The lowest BCUT2D eigenvalue weighted by Crippen LogP contribution is -2.18. The molecule has 2 aromatic rings. The fourth-order valence-corrected chi connectivity index (χ4v) is 2.81. The Balaban J connectivity index is 1.65. The van der Waals surface area contributed by atoms with Gasteiger partial charge in [-0.3, -0.25) is 4.79 Å². The molecule has 0 spiro atoms. The molecule has 3 N–H and O–H groups in total. The molecule has 1 aliphatic heterocycles. The number of aliphatic hydroxyl groups excluding tert-OH is 1. The van der Waals surface area contributed by atoms with E-state index >= 15 is 0 Å². The molecule has 7 nitrogen and oxygen atoms in total. The third kappa shape index (κ3) is 3.34. The summed E-state index contributed by atoms with van der Waals surface area (Å²) < 4.78 is 1.60. The van der Waals surface area contributed by atoms with Crippen molar-refractivity contribution in [3.8, 4) is 0 Å². The molecule has 0 radical (unpaired) electrons. The molecule has 0 saturated heterocycles. The molecule has 0 fully saturated rings. The predicted octanol–water partition coefficient (Wildman–Crippen LogP) is 0.927. The maximum Gasteiger partial charge on any atom is 0.234 e. The highest BCUT2D eigenvalue weighted by atomic mass is 32.2. The number of thioether (sulfide) groups is 1. The number of nitrogens with zero attached hydrogens (tertiary/aromatic N) is 3. The van der Waals surface area contributed by atoms with Crippen molar-refractivity contribution in [3.05, 3.63) is 30.1 Å². The molecule has 0 saturated carbocycles. The number of carbonyl (C=O) groups is 1. The summed E-state index contributed by atoms with van der Waals surface area (Å²) in [6, 6.07) is 5.88. The van der Waals surface area contributed by atoms with E-state index in [0.717, 1.165) is 22.0 Å². The van der Waals surface area contributed by atoms with Crippen LogP contribution in [-0.2, 0) is 17.9 Å². The van der Waals surface area contributed by atoms with Crippen LogP contribution in [0.5, 0.6) is 0 Å². The molecular formula is C13H15N5O2S. The van der Waals surface area contributed by atoms with E-state index in [-0.39, 0.29) is 12.5 Å². The van der Waals surface area contributed by atoms with Gasteiger partial charge < -0.3 is 15.7 Å². The molecule has 0 aliphatic carbocycles. The van der Waals surface area contributed by atoms with E-state index in [1.165, 1.54) is 11.8 Å². The monoisotopic (exact) mass is 305 g/mol. The Labute approximate surface area is 125 Å². The van der Waals surface area contributed by atoms with Gasteiger partial charge in [0, 0.05) is 10.6 Å². The molecule has 1 aromatic carbocycles. The SMILES string of the molecule is O=C1CSc2ccc(NCc3cn(CCO)nn3)cc2N1. The topological polar surface area (TPSA) is 92.1 Å². The maximum atomic E-state index is 11.4. The normalized spacial score (nSPS) is 13.7. The van der Waals surface area contributed by atoms with Crippen LogP contribution in [0, 0.1) is 0 Å². The highest BCUT2D eigenvalue weighted by Gasteiger charge is 2.15. The van der Waals surface area contributed by atoms with Gasteiger partial charge in [0.2, 0.25) is 5.91 Å². The Morgan fingerprint density at radius 2 is 2.38 bits per heavy atom. The molecule has 1 aliphatic rings. The first kappa shape index (κ1) is 13.9. The number of anilines is 2. The first-order valence-corrected chi connectivity index (χ1v) is 7.53. The number of nitrogens with one attached hydrogen (secondary N) is 2. The van der Waals surface area contributed by atoms with Crippen molar-refractivity contribution in [2.45, 2.75) is 18.0 Å². The first-order valence-electron chi connectivity index (χ1n) is 6.55. The van der Waals surface area contributed by atoms with Crippen molar-refractivity contribution in [2.75, 3.05) is 23.0 Å². The minimum absolute atomic E-state index is 0.0246. The van der Waals surface area contributed by atoms with Gasteiger partial charge in [0.05, 0.1) is 37.3 Å². The molecule has 1 amide bonds. The summed E-state index contributed by atoms with van der Waals surface area (Å²) >= 11 is 1.54. The quantitative estimate of drug-likeness (QED) is 0.761. The highest BCUT2D eigenvalue weighted by molar-refractivity contribution is 8.00. The van der Waals surface area contributed by atoms with Crippen molar-refractivity contribution in [2.24, 2.45) is 0 Å². The molecule has 3 rings (SSSR count). The van der Waals surface area contributed by atoms with Crippen molar-refractivity contribution in [1.82, 2.24) is 15.0 Å². The Kier molecular flexibility index (Phi) is 4.07. The Hall–Kier alpha value is -2.06. The number of benzene rings is 1. The van der Waals surface area contributed by atoms with Gasteiger partial charge in [0.25, 0.3) is 0 Å². The van der Waals surface area contributed by atoms with Gasteiger partial charge in [-0.15, -0.1) is 16.9 Å². The average molecular weight is 305 g/mol. The fourth-order valence-electron chi connectivity index (χ4n) is 2.02. The van der Waals surface area contributed by atoms with Crippen LogP contribution in [0.4, 0.5) is 11.4 Å². The second kappa shape index (κ2) is 6.15. The second-order valence-corrected chi connectivity index (χ2v) is 5.62. The van der Waals surface area contributed by atoms with Gasteiger partial charge in [0.15, 0.2) is 0 Å². The molecule has 8 heteroatoms. The van der Waals surface area contributed by atoms with Crippen LogP contribution in [0.3, 0.4) is 0 Å². The maximum absolute atomic E-state index is 11.4. The Morgan fingerprint density at radius 3 is 3.24 bits per heavy atom. The van der Waals surface area contributed by atoms with E-state index in [1.807, 2.05) is 18.2 Å². The minimum atomic E-state index is 0.0246. The second-order valence-electron chi connectivity index (χ2n) is 4.60. The molecular weight excluding hydrogens is 290 g/mol. The average Bonchev–Trinajstić information content (AvgIpc) is 2.93. The molecule has 21 heavy (non-hydrogen) atoms. The summed E-state index contributed by atoms with van der Waals surface area (Å²) in [5, 5.41) is 22.9. The smallest absolute Gasteiger partial charge is 0.234 e. The number of fused-ring (bicyclic) bond motifs is 1. The fraction of sp³-hybridized carbons (Fsp3) is 0.308. The lowest BCUT2D eigenvalue weighted by atomic mass is 10.2. The largest absolute Gasteiger partial charge is 0.394 e. The third-order valence-corrected chi connectivity index (χ3v) is 4.07. The van der Waals surface area contributed by atoms with Crippen LogP contribution in [-0.4, -0.2) is 38.4 Å². The Bertz CT molecular complexity index is 658. The standard InChI is InChI=1S/C13H15N5O2S/c19-4-3-18-7-10(16-17-18)6-14-9-1-2-12-11(5-9)15-13(20)8-21-12/h1-2,5,7,14,19H,3-4,6,8H2,(H,15,20). The van der Waals surface area contributed by atoms with Gasteiger partial charge in [-0.25, -0.2) is 4.68 Å². The van der Waals surface area contributed by atoms with Crippen molar-refractivity contribution < 1.29 is 9.90 Å². The number of rotatable bonds is 5. The summed E-state index contributed by atoms with van der Waals surface area (Å²) in [7, 11) is 0. The summed E-state index contributed by atoms with van der Waals surface area (Å²) in [5.74, 6) is 0.491. The number of carbonyl (C=O) groups excluding carboxylic acids is 1. The Morgan fingerprint density at radius 1 is 1.48 bits per heavy atom. The molecule has 1 aromatic heterocycles. The van der Waals surface area contributed by atoms with E-state index in [2.05, 4.69) is 20.9 Å². The van der Waals surface area contributed by atoms with Gasteiger partial charge in [-0.1, -0.05) is 5.21 Å². The lowest BCUT2D eigenvalue weighted by molar-refractivity contribution is -0.113. The first-order chi connectivity index (χ1) is 10.2.